The smallest absolute Gasteiger partial charge is 0.319 e. The fraction of sp³-hybridized carbons (Fsp3) is 0.385. The minimum absolute atomic E-state index is 0.0336. The molecule has 2 unspecified atom stereocenters. The summed E-state index contributed by atoms with van der Waals surface area (Å²) in [4.78, 5) is 55.2. The molecule has 3 amide bonds. The van der Waals surface area contributed by atoms with Crippen LogP contribution in [0.2, 0.25) is 0 Å². The minimum Gasteiger partial charge on any atom is -0.481 e. The average molecular weight is 647 g/mol. The fourth-order valence-electron chi connectivity index (χ4n) is 8.99. The molecular weight excluding hydrogens is 604 g/mol. The average Bonchev–Trinajstić information content (AvgIpc) is 3.48. The number of hydrogen-bond acceptors (Lipinski definition) is 4. The second-order valence-electron chi connectivity index (χ2n) is 14.3. The molecule has 4 saturated carbocycles. The molecular formula is C39H42N4O5. The predicted octanol–water partition coefficient (Wildman–Crippen LogP) is 6.53. The van der Waals surface area contributed by atoms with Crippen LogP contribution in [0.5, 0.6) is 0 Å². The summed E-state index contributed by atoms with van der Waals surface area (Å²) < 4.78 is 0. The highest BCUT2D eigenvalue weighted by Gasteiger charge is 2.51. The lowest BCUT2D eigenvalue weighted by atomic mass is 9.53. The van der Waals surface area contributed by atoms with Crippen molar-refractivity contribution in [2.75, 3.05) is 11.9 Å². The van der Waals surface area contributed by atoms with E-state index in [2.05, 4.69) is 20.9 Å². The van der Waals surface area contributed by atoms with E-state index in [1.54, 1.807) is 30.5 Å². The molecule has 48 heavy (non-hydrogen) atoms. The number of rotatable bonds is 12. The van der Waals surface area contributed by atoms with Gasteiger partial charge in [-0.1, -0.05) is 60.7 Å². The zero-order chi connectivity index (χ0) is 33.3. The topological polar surface area (TPSA) is 140 Å². The number of para-hydroxylation sites is 1. The number of amides is 3. The van der Waals surface area contributed by atoms with E-state index in [0.29, 0.717) is 16.8 Å². The van der Waals surface area contributed by atoms with Gasteiger partial charge in [0.25, 0.3) is 0 Å². The number of Topliss-reactive ketones (excluding diaryl/α,β-unsaturated/α-hetero) is 1. The summed E-state index contributed by atoms with van der Waals surface area (Å²) in [6.45, 7) is -0.113. The van der Waals surface area contributed by atoms with Crippen molar-refractivity contribution >= 4 is 40.3 Å². The highest BCUT2D eigenvalue weighted by molar-refractivity contribution is 5.93. The molecule has 9 nitrogen and oxygen atoms in total. The maximum absolute atomic E-state index is 13.6. The molecule has 248 valence electrons. The predicted molar refractivity (Wildman–Crippen MR) is 184 cm³/mol. The van der Waals surface area contributed by atoms with Crippen LogP contribution in [0.3, 0.4) is 0 Å². The molecule has 2 atom stereocenters. The molecule has 0 radical (unpaired) electrons. The molecule has 1 aromatic heterocycles. The van der Waals surface area contributed by atoms with Crippen molar-refractivity contribution in [3.8, 4) is 0 Å². The second kappa shape index (κ2) is 13.3. The number of H-pyrrole nitrogens is 1. The quantitative estimate of drug-likeness (QED) is 0.119. The molecule has 4 aromatic rings. The van der Waals surface area contributed by atoms with Crippen LogP contribution < -0.4 is 16.0 Å². The summed E-state index contributed by atoms with van der Waals surface area (Å²) in [6.07, 6.45) is 8.96. The third-order valence-corrected chi connectivity index (χ3v) is 10.8. The number of urea groups is 1. The molecule has 5 N–H and O–H groups in total. The molecule has 4 fully saturated rings. The Kier molecular flexibility index (Phi) is 8.77. The summed E-state index contributed by atoms with van der Waals surface area (Å²) in [5.41, 5.74) is 3.48. The van der Waals surface area contributed by atoms with Crippen LogP contribution in [0, 0.1) is 17.8 Å². The Balaban J connectivity index is 0.961. The van der Waals surface area contributed by atoms with Crippen molar-refractivity contribution < 1.29 is 24.3 Å². The summed E-state index contributed by atoms with van der Waals surface area (Å²) in [5.74, 6) is -1.07. The lowest BCUT2D eigenvalue weighted by molar-refractivity contribution is -0.138. The molecule has 0 aliphatic heterocycles. The van der Waals surface area contributed by atoms with Gasteiger partial charge < -0.3 is 26.0 Å². The van der Waals surface area contributed by atoms with Gasteiger partial charge in [0, 0.05) is 47.7 Å². The molecule has 4 bridgehead atoms. The van der Waals surface area contributed by atoms with Crippen molar-refractivity contribution in [1.82, 2.24) is 15.6 Å². The van der Waals surface area contributed by atoms with E-state index in [4.69, 9.17) is 0 Å². The van der Waals surface area contributed by atoms with Crippen LogP contribution in [0.4, 0.5) is 10.5 Å². The number of carbonyl (C=O) groups is 4. The standard InChI is InChI=1S/C39H42N4O5/c44-30(17-24-10-12-29(13-11-24)42-38(48)43-39-19-25-14-26(20-39)16-27(15-25)21-39)18-32(28-6-2-1-3-7-28)36(45)41-23-34(37(46)47)33-22-40-35-9-5-4-8-31(33)35/h1-13,22,25-27,32,34,40H,14-21,23H2,(H,41,45)(H,46,47)(H2,42,43,48). The Hall–Kier alpha value is -4.92. The minimum atomic E-state index is -1.05. The largest absolute Gasteiger partial charge is 0.481 e. The first-order valence-electron chi connectivity index (χ1n) is 17.0. The van der Waals surface area contributed by atoms with Gasteiger partial charge in [0.2, 0.25) is 5.91 Å². The molecule has 0 spiro atoms. The van der Waals surface area contributed by atoms with Crippen LogP contribution in [-0.2, 0) is 20.8 Å². The summed E-state index contributed by atoms with van der Waals surface area (Å²) >= 11 is 0. The van der Waals surface area contributed by atoms with Gasteiger partial charge >= 0.3 is 12.0 Å². The number of carboxylic acids is 1. The fourth-order valence-corrected chi connectivity index (χ4v) is 8.99. The number of aliphatic carboxylic acids is 1. The van der Waals surface area contributed by atoms with Gasteiger partial charge in [0.05, 0.1) is 5.92 Å². The SMILES string of the molecule is O=C(Cc1ccc(NC(=O)NC23CC4CC(CC(C4)C2)C3)cc1)CC(C(=O)NCC(C(=O)O)c1c[nH]c2ccccc12)c1ccccc1. The molecule has 4 aliphatic rings. The highest BCUT2D eigenvalue weighted by Crippen LogP contribution is 2.55. The van der Waals surface area contributed by atoms with Gasteiger partial charge in [0.15, 0.2) is 0 Å². The van der Waals surface area contributed by atoms with Gasteiger partial charge in [-0.3, -0.25) is 14.4 Å². The van der Waals surface area contributed by atoms with E-state index in [9.17, 15) is 24.3 Å². The molecule has 3 aromatic carbocycles. The number of carboxylic acid groups (broad SMARTS) is 1. The lowest BCUT2D eigenvalue weighted by Crippen LogP contribution is -2.60. The number of ketones is 1. The number of anilines is 1. The molecule has 8 rings (SSSR count). The van der Waals surface area contributed by atoms with Crippen molar-refractivity contribution in [2.45, 2.75) is 68.7 Å². The molecule has 4 aliphatic carbocycles. The zero-order valence-corrected chi connectivity index (χ0v) is 26.9. The van der Waals surface area contributed by atoms with Crippen molar-refractivity contribution in [2.24, 2.45) is 17.8 Å². The Morgan fingerprint density at radius 1 is 0.812 bits per heavy atom. The van der Waals surface area contributed by atoms with Gasteiger partial charge in [0.1, 0.15) is 11.7 Å². The van der Waals surface area contributed by atoms with Crippen LogP contribution in [-0.4, -0.2) is 45.9 Å². The van der Waals surface area contributed by atoms with E-state index in [-0.39, 0.29) is 36.7 Å². The summed E-state index contributed by atoms with van der Waals surface area (Å²) in [6, 6.07) is 23.6. The number of carbonyl (C=O) groups excluding carboxylic acids is 3. The third kappa shape index (κ3) is 6.86. The molecule has 1 heterocycles. The second-order valence-corrected chi connectivity index (χ2v) is 14.3. The summed E-state index contributed by atoms with van der Waals surface area (Å²) in [5, 5.41) is 20.0. The maximum atomic E-state index is 13.6. The Bertz CT molecular complexity index is 1780. The number of fused-ring (bicyclic) bond motifs is 1. The first kappa shape index (κ1) is 31.7. The van der Waals surface area contributed by atoms with Crippen molar-refractivity contribution in [3.63, 3.8) is 0 Å². The van der Waals surface area contributed by atoms with Crippen molar-refractivity contribution in [3.05, 3.63) is 102 Å². The number of hydrogen-bond donors (Lipinski definition) is 5. The first-order chi connectivity index (χ1) is 23.2. The summed E-state index contributed by atoms with van der Waals surface area (Å²) in [7, 11) is 0. The Morgan fingerprint density at radius 2 is 1.46 bits per heavy atom. The number of benzene rings is 3. The highest BCUT2D eigenvalue weighted by atomic mass is 16.4. The van der Waals surface area contributed by atoms with E-state index in [0.717, 1.165) is 53.5 Å². The van der Waals surface area contributed by atoms with Crippen molar-refractivity contribution in [1.29, 1.82) is 0 Å². The van der Waals surface area contributed by atoms with E-state index in [1.807, 2.05) is 54.6 Å². The monoisotopic (exact) mass is 646 g/mol. The number of nitrogens with one attached hydrogen (secondary N) is 4. The third-order valence-electron chi connectivity index (χ3n) is 10.8. The Labute approximate surface area is 279 Å². The number of aromatic amines is 1. The Morgan fingerprint density at radius 3 is 2.12 bits per heavy atom. The van der Waals surface area contributed by atoms with Gasteiger partial charge in [-0.2, -0.15) is 0 Å². The van der Waals surface area contributed by atoms with Crippen LogP contribution in [0.15, 0.2) is 85.1 Å². The molecule has 9 heteroatoms. The van der Waals surface area contributed by atoms with Gasteiger partial charge in [-0.15, -0.1) is 0 Å². The normalized spacial score (nSPS) is 23.7. The zero-order valence-electron chi connectivity index (χ0n) is 26.9. The van der Waals surface area contributed by atoms with Gasteiger partial charge in [-0.05, 0) is 91.2 Å². The number of aromatic nitrogens is 1. The van der Waals surface area contributed by atoms with Gasteiger partial charge in [-0.25, -0.2) is 4.79 Å². The first-order valence-corrected chi connectivity index (χ1v) is 17.0. The van der Waals surface area contributed by atoms with E-state index >= 15 is 0 Å². The van der Waals surface area contributed by atoms with Crippen LogP contribution in [0.1, 0.15) is 73.5 Å². The molecule has 0 saturated heterocycles. The van der Waals surface area contributed by atoms with Crippen LogP contribution >= 0.6 is 0 Å². The maximum Gasteiger partial charge on any atom is 0.319 e. The van der Waals surface area contributed by atoms with E-state index < -0.39 is 23.7 Å². The lowest BCUT2D eigenvalue weighted by Gasteiger charge is -2.56. The van der Waals surface area contributed by atoms with Crippen LogP contribution in [0.25, 0.3) is 10.9 Å². The van der Waals surface area contributed by atoms with E-state index in [1.165, 1.54) is 19.3 Å².